The normalized spacial score (nSPS) is 18.9. The van der Waals surface area contributed by atoms with Gasteiger partial charge >= 0.3 is 6.18 Å². The minimum absolute atomic E-state index is 0.0278. The van der Waals surface area contributed by atoms with E-state index in [0.717, 1.165) is 17.2 Å². The number of aromatic nitrogens is 3. The zero-order valence-electron chi connectivity index (χ0n) is 17.7. The molecule has 0 spiro atoms. The van der Waals surface area contributed by atoms with Gasteiger partial charge in [0.25, 0.3) is 12.3 Å². The van der Waals surface area contributed by atoms with Crippen LogP contribution < -0.4 is 10.6 Å². The molecule has 2 N–H and O–H groups in total. The lowest BCUT2D eigenvalue weighted by molar-refractivity contribution is -0.140. The van der Waals surface area contributed by atoms with Crippen LogP contribution in [0.25, 0.3) is 10.9 Å². The second-order valence-electron chi connectivity index (χ2n) is 8.18. The molecule has 34 heavy (non-hydrogen) atoms. The lowest BCUT2D eigenvalue weighted by atomic mass is 9.90. The topological polar surface area (TPSA) is 71.8 Å². The van der Waals surface area contributed by atoms with Crippen LogP contribution in [0.15, 0.2) is 36.5 Å². The van der Waals surface area contributed by atoms with Crippen LogP contribution in [0.1, 0.15) is 41.9 Å². The highest BCUT2D eigenvalue weighted by molar-refractivity contribution is 6.31. The van der Waals surface area contributed by atoms with E-state index in [4.69, 9.17) is 11.6 Å². The van der Waals surface area contributed by atoms with Crippen molar-refractivity contribution in [3.05, 3.63) is 52.9 Å². The Morgan fingerprint density at radius 3 is 2.68 bits per heavy atom. The third-order valence-electron chi connectivity index (χ3n) is 5.69. The molecule has 0 radical (unpaired) electrons. The maximum atomic E-state index is 13.4. The Morgan fingerprint density at radius 1 is 1.18 bits per heavy atom. The molecule has 6 nitrogen and oxygen atoms in total. The van der Waals surface area contributed by atoms with Gasteiger partial charge in [0, 0.05) is 34.4 Å². The molecule has 12 heteroatoms. The number of pyridine rings is 1. The SMILES string of the molecule is O=C(NC1CCC[C@H](Nc2cc(C(F)(F)F)nc3ccc(Cl)cc23)C1)c1ccnn1CC(F)F. The molecular weight excluding hydrogens is 481 g/mol. The number of hydrogen-bond donors (Lipinski definition) is 2. The van der Waals surface area contributed by atoms with Crippen LogP contribution in [0.3, 0.4) is 0 Å². The van der Waals surface area contributed by atoms with Crippen LogP contribution in [0.5, 0.6) is 0 Å². The van der Waals surface area contributed by atoms with E-state index in [2.05, 4.69) is 20.7 Å². The monoisotopic (exact) mass is 501 g/mol. The van der Waals surface area contributed by atoms with E-state index in [0.29, 0.717) is 29.7 Å². The summed E-state index contributed by atoms with van der Waals surface area (Å²) in [5.74, 6) is -0.524. The molecule has 1 aliphatic carbocycles. The summed E-state index contributed by atoms with van der Waals surface area (Å²) in [5, 5.41) is 10.6. The van der Waals surface area contributed by atoms with Crippen LogP contribution in [-0.4, -0.2) is 39.2 Å². The quantitative estimate of drug-likeness (QED) is 0.436. The Kier molecular flexibility index (Phi) is 6.92. The van der Waals surface area contributed by atoms with Gasteiger partial charge < -0.3 is 10.6 Å². The number of nitrogens with one attached hydrogen (secondary N) is 2. The molecule has 2 atom stereocenters. The number of alkyl halides is 5. The highest BCUT2D eigenvalue weighted by atomic mass is 35.5. The van der Waals surface area contributed by atoms with Gasteiger partial charge in [-0.25, -0.2) is 13.8 Å². The van der Waals surface area contributed by atoms with Crippen molar-refractivity contribution in [1.29, 1.82) is 0 Å². The molecule has 182 valence electrons. The van der Waals surface area contributed by atoms with Crippen molar-refractivity contribution in [2.45, 2.75) is 56.9 Å². The van der Waals surface area contributed by atoms with Gasteiger partial charge in [-0.15, -0.1) is 0 Å². The molecule has 0 bridgehead atoms. The maximum absolute atomic E-state index is 13.4. The van der Waals surface area contributed by atoms with Gasteiger partial charge in [0.1, 0.15) is 17.9 Å². The zero-order valence-corrected chi connectivity index (χ0v) is 18.5. The number of carbonyl (C=O) groups excluding carboxylic acids is 1. The number of nitrogens with zero attached hydrogens (tertiary/aromatic N) is 3. The summed E-state index contributed by atoms with van der Waals surface area (Å²) in [5.41, 5.74) is -0.570. The molecule has 1 aliphatic rings. The van der Waals surface area contributed by atoms with E-state index in [1.807, 2.05) is 0 Å². The van der Waals surface area contributed by atoms with Crippen LogP contribution in [0.4, 0.5) is 27.6 Å². The first-order chi connectivity index (χ1) is 16.1. The van der Waals surface area contributed by atoms with E-state index < -0.39 is 30.7 Å². The molecule has 1 unspecified atom stereocenters. The van der Waals surface area contributed by atoms with Crippen LogP contribution in [-0.2, 0) is 12.7 Å². The first kappa shape index (κ1) is 24.2. The fraction of sp³-hybridized carbons (Fsp3) is 0.409. The van der Waals surface area contributed by atoms with E-state index >= 15 is 0 Å². The molecule has 1 aromatic carbocycles. The zero-order chi connectivity index (χ0) is 24.5. The van der Waals surface area contributed by atoms with Crippen molar-refractivity contribution >= 4 is 34.1 Å². The molecule has 4 rings (SSSR count). The minimum Gasteiger partial charge on any atom is -0.382 e. The summed E-state index contributed by atoms with van der Waals surface area (Å²) >= 11 is 6.06. The molecule has 1 amide bonds. The predicted molar refractivity (Wildman–Crippen MR) is 117 cm³/mol. The highest BCUT2D eigenvalue weighted by Crippen LogP contribution is 2.35. The van der Waals surface area contributed by atoms with Gasteiger partial charge in [0.15, 0.2) is 0 Å². The fourth-order valence-electron chi connectivity index (χ4n) is 4.20. The van der Waals surface area contributed by atoms with Gasteiger partial charge in [-0.05, 0) is 56.0 Å². The number of amides is 1. The molecule has 1 saturated carbocycles. The smallest absolute Gasteiger partial charge is 0.382 e. The van der Waals surface area contributed by atoms with Crippen LogP contribution >= 0.6 is 11.6 Å². The number of halogens is 6. The minimum atomic E-state index is -4.62. The number of rotatable bonds is 6. The lowest BCUT2D eigenvalue weighted by Crippen LogP contribution is -2.42. The van der Waals surface area contributed by atoms with Crippen LogP contribution in [0, 0.1) is 0 Å². The second-order valence-corrected chi connectivity index (χ2v) is 8.62. The van der Waals surface area contributed by atoms with Crippen LogP contribution in [0.2, 0.25) is 5.02 Å². The third-order valence-corrected chi connectivity index (χ3v) is 5.93. The number of fused-ring (bicyclic) bond motifs is 1. The number of benzene rings is 1. The first-order valence-corrected chi connectivity index (χ1v) is 11.0. The Morgan fingerprint density at radius 2 is 1.94 bits per heavy atom. The van der Waals surface area contributed by atoms with Gasteiger partial charge in [-0.3, -0.25) is 9.48 Å². The Labute approximate surface area is 196 Å². The van der Waals surface area contributed by atoms with E-state index in [1.165, 1.54) is 24.4 Å². The highest BCUT2D eigenvalue weighted by Gasteiger charge is 2.34. The second kappa shape index (κ2) is 9.73. The first-order valence-electron chi connectivity index (χ1n) is 10.6. The van der Waals surface area contributed by atoms with E-state index in [1.54, 1.807) is 6.07 Å². The summed E-state index contributed by atoms with van der Waals surface area (Å²) in [4.78, 5) is 16.3. The lowest BCUT2D eigenvalue weighted by Gasteiger charge is -2.31. The van der Waals surface area contributed by atoms with Crippen molar-refractivity contribution < 1.29 is 26.7 Å². The molecule has 1 fully saturated rings. The Hall–Kier alpha value is -2.95. The molecule has 0 saturated heterocycles. The summed E-state index contributed by atoms with van der Waals surface area (Å²) in [6.07, 6.45) is -3.49. The number of carbonyl (C=O) groups is 1. The number of anilines is 1. The standard InChI is InChI=1S/C22H21ClF5N5O/c23-12-4-5-16-15(8-12)17(10-19(32-16)22(26,27)28)30-13-2-1-3-14(9-13)31-21(34)18-6-7-29-33(18)11-20(24)25/h4-8,10,13-14,20H,1-3,9,11H2,(H,30,32)(H,31,34)/t13-,14?/m0/s1. The largest absolute Gasteiger partial charge is 0.433 e. The average molecular weight is 502 g/mol. The van der Waals surface area contributed by atoms with Crippen molar-refractivity contribution in [3.63, 3.8) is 0 Å². The van der Waals surface area contributed by atoms with Crippen molar-refractivity contribution in [3.8, 4) is 0 Å². The van der Waals surface area contributed by atoms with Crippen molar-refractivity contribution in [2.75, 3.05) is 5.32 Å². The Bertz CT molecular complexity index is 1180. The maximum Gasteiger partial charge on any atom is 0.433 e. The predicted octanol–water partition coefficient (Wildman–Crippen LogP) is 5.52. The molecule has 3 aromatic rings. The Balaban J connectivity index is 1.51. The molecule has 2 heterocycles. The van der Waals surface area contributed by atoms with Gasteiger partial charge in [0.05, 0.1) is 5.52 Å². The average Bonchev–Trinajstić information content (AvgIpc) is 3.21. The van der Waals surface area contributed by atoms with E-state index in [9.17, 15) is 26.7 Å². The van der Waals surface area contributed by atoms with Crippen molar-refractivity contribution in [1.82, 2.24) is 20.1 Å². The fourth-order valence-corrected chi connectivity index (χ4v) is 4.37. The van der Waals surface area contributed by atoms with Gasteiger partial charge in [-0.1, -0.05) is 11.6 Å². The summed E-state index contributed by atoms with van der Waals surface area (Å²) < 4.78 is 66.5. The summed E-state index contributed by atoms with van der Waals surface area (Å²) in [6.45, 7) is -0.691. The van der Waals surface area contributed by atoms with Gasteiger partial charge in [0.2, 0.25) is 0 Å². The van der Waals surface area contributed by atoms with E-state index in [-0.39, 0.29) is 29.0 Å². The molecule has 2 aromatic heterocycles. The number of hydrogen-bond acceptors (Lipinski definition) is 4. The van der Waals surface area contributed by atoms with Gasteiger partial charge in [-0.2, -0.15) is 18.3 Å². The molecule has 0 aliphatic heterocycles. The molecular formula is C22H21ClF5N5O. The van der Waals surface area contributed by atoms with Crippen molar-refractivity contribution in [2.24, 2.45) is 0 Å². The summed E-state index contributed by atoms with van der Waals surface area (Å²) in [7, 11) is 0. The third kappa shape index (κ3) is 5.57. The summed E-state index contributed by atoms with van der Waals surface area (Å²) in [6, 6.07) is 6.28.